The minimum atomic E-state index is -0.112. The minimum absolute atomic E-state index is 0.112. The molecular weight excluding hydrogens is 248 g/mol. The summed E-state index contributed by atoms with van der Waals surface area (Å²) in [4.78, 5) is 0. The van der Waals surface area contributed by atoms with Crippen LogP contribution >= 0.6 is 0 Å². The van der Waals surface area contributed by atoms with Crippen molar-refractivity contribution in [2.45, 2.75) is 78.4 Å². The highest BCUT2D eigenvalue weighted by Crippen LogP contribution is 2.27. The third-order valence-electron chi connectivity index (χ3n) is 3.32. The van der Waals surface area contributed by atoms with Gasteiger partial charge >= 0.3 is 0 Å². The number of hydrogen-bond donors (Lipinski definition) is 0. The zero-order valence-corrected chi connectivity index (χ0v) is 14.0. The van der Waals surface area contributed by atoms with E-state index in [9.17, 15) is 0 Å². The van der Waals surface area contributed by atoms with Crippen LogP contribution in [0.15, 0.2) is 24.3 Å². The van der Waals surface area contributed by atoms with Crippen molar-refractivity contribution in [3.8, 4) is 11.5 Å². The van der Waals surface area contributed by atoms with Gasteiger partial charge in [-0.05, 0) is 64.8 Å². The van der Waals surface area contributed by atoms with Crippen molar-refractivity contribution in [1.82, 2.24) is 0 Å². The van der Waals surface area contributed by atoms with Crippen molar-refractivity contribution in [2.75, 3.05) is 0 Å². The predicted molar refractivity (Wildman–Crippen MR) is 85.7 cm³/mol. The average molecular weight is 278 g/mol. The van der Waals surface area contributed by atoms with Gasteiger partial charge in [0.05, 0.1) is 0 Å². The Labute approximate surface area is 124 Å². The van der Waals surface area contributed by atoms with Crippen LogP contribution in [0.4, 0.5) is 0 Å². The summed E-state index contributed by atoms with van der Waals surface area (Å²) in [6, 6.07) is 7.98. The van der Waals surface area contributed by atoms with E-state index in [1.807, 2.05) is 24.3 Å². The van der Waals surface area contributed by atoms with Gasteiger partial charge in [0.1, 0.15) is 22.7 Å². The maximum Gasteiger partial charge on any atom is 0.120 e. The van der Waals surface area contributed by atoms with Crippen molar-refractivity contribution < 1.29 is 9.47 Å². The lowest BCUT2D eigenvalue weighted by Gasteiger charge is -2.27. The second-order valence-corrected chi connectivity index (χ2v) is 6.69. The molecule has 2 nitrogen and oxygen atoms in total. The quantitative estimate of drug-likeness (QED) is 0.616. The monoisotopic (exact) mass is 278 g/mol. The van der Waals surface area contributed by atoms with Crippen LogP contribution in [0.2, 0.25) is 0 Å². The molecule has 0 aliphatic rings. The minimum Gasteiger partial charge on any atom is -0.488 e. The van der Waals surface area contributed by atoms with Crippen LogP contribution in [0.1, 0.15) is 67.2 Å². The number of ether oxygens (including phenoxy) is 2. The maximum absolute atomic E-state index is 6.02. The lowest BCUT2D eigenvalue weighted by molar-refractivity contribution is 0.0935. The lowest BCUT2D eigenvalue weighted by atomic mass is 10.0. The van der Waals surface area contributed by atoms with Crippen LogP contribution in [0.5, 0.6) is 11.5 Å². The van der Waals surface area contributed by atoms with Crippen LogP contribution in [-0.2, 0) is 0 Å². The Bertz CT molecular complexity index is 351. The highest BCUT2D eigenvalue weighted by molar-refractivity contribution is 5.32. The zero-order chi connectivity index (χ0) is 15.2. The first-order valence-electron chi connectivity index (χ1n) is 7.76. The fourth-order valence-electron chi connectivity index (χ4n) is 2.52. The third-order valence-corrected chi connectivity index (χ3v) is 3.32. The van der Waals surface area contributed by atoms with Crippen LogP contribution in [-0.4, -0.2) is 11.2 Å². The van der Waals surface area contributed by atoms with Crippen LogP contribution in [0.25, 0.3) is 0 Å². The molecule has 114 valence electrons. The fourth-order valence-corrected chi connectivity index (χ4v) is 2.52. The van der Waals surface area contributed by atoms with Gasteiger partial charge in [-0.15, -0.1) is 0 Å². The third kappa shape index (κ3) is 5.85. The van der Waals surface area contributed by atoms with Crippen LogP contribution < -0.4 is 9.47 Å². The second-order valence-electron chi connectivity index (χ2n) is 6.69. The smallest absolute Gasteiger partial charge is 0.120 e. The Morgan fingerprint density at radius 1 is 0.700 bits per heavy atom. The van der Waals surface area contributed by atoms with E-state index in [4.69, 9.17) is 9.47 Å². The summed E-state index contributed by atoms with van der Waals surface area (Å²) in [5, 5.41) is 0. The Morgan fingerprint density at radius 2 is 1.00 bits per heavy atom. The zero-order valence-electron chi connectivity index (χ0n) is 14.0. The van der Waals surface area contributed by atoms with E-state index in [1.165, 1.54) is 0 Å². The summed E-state index contributed by atoms with van der Waals surface area (Å²) in [5.41, 5.74) is -0.225. The molecule has 0 N–H and O–H groups in total. The van der Waals surface area contributed by atoms with E-state index >= 15 is 0 Å². The Morgan fingerprint density at radius 3 is 1.25 bits per heavy atom. The van der Waals surface area contributed by atoms with E-state index in [0.717, 1.165) is 37.2 Å². The molecule has 0 saturated carbocycles. The molecule has 0 aromatic heterocycles. The van der Waals surface area contributed by atoms with Crippen molar-refractivity contribution in [3.63, 3.8) is 0 Å². The molecule has 0 fully saturated rings. The molecule has 0 unspecified atom stereocenters. The van der Waals surface area contributed by atoms with E-state index in [2.05, 4.69) is 41.5 Å². The summed E-state index contributed by atoms with van der Waals surface area (Å²) in [6.07, 6.45) is 4.35. The van der Waals surface area contributed by atoms with Gasteiger partial charge in [-0.3, -0.25) is 0 Å². The molecule has 0 atom stereocenters. The number of benzene rings is 1. The molecule has 2 heteroatoms. The van der Waals surface area contributed by atoms with Gasteiger partial charge in [-0.2, -0.15) is 0 Å². The van der Waals surface area contributed by atoms with E-state index in [1.54, 1.807) is 0 Å². The largest absolute Gasteiger partial charge is 0.488 e. The summed E-state index contributed by atoms with van der Waals surface area (Å²) in [6.45, 7) is 12.9. The first-order chi connectivity index (χ1) is 9.28. The molecule has 1 aromatic rings. The summed E-state index contributed by atoms with van der Waals surface area (Å²) >= 11 is 0. The van der Waals surface area contributed by atoms with Gasteiger partial charge < -0.3 is 9.47 Å². The Hall–Kier alpha value is -1.18. The first kappa shape index (κ1) is 16.9. The lowest BCUT2D eigenvalue weighted by Crippen LogP contribution is -2.28. The molecule has 0 spiro atoms. The molecule has 1 aromatic carbocycles. The normalized spacial score (nSPS) is 12.3. The van der Waals surface area contributed by atoms with E-state index in [-0.39, 0.29) is 11.2 Å². The molecule has 0 amide bonds. The van der Waals surface area contributed by atoms with Gasteiger partial charge in [0.15, 0.2) is 0 Å². The van der Waals surface area contributed by atoms with Gasteiger partial charge in [-0.25, -0.2) is 0 Å². The molecule has 20 heavy (non-hydrogen) atoms. The van der Waals surface area contributed by atoms with Crippen LogP contribution in [0, 0.1) is 0 Å². The molecule has 1 rings (SSSR count). The Kier molecular flexibility index (Phi) is 5.91. The second kappa shape index (κ2) is 7.01. The SMILES string of the molecule is CCCC(C)(C)Oc1ccc(OC(C)(C)CCC)cc1. The molecule has 0 radical (unpaired) electrons. The van der Waals surface area contributed by atoms with Crippen molar-refractivity contribution in [3.05, 3.63) is 24.3 Å². The van der Waals surface area contributed by atoms with Gasteiger partial charge in [0.2, 0.25) is 0 Å². The maximum atomic E-state index is 6.02. The molecule has 0 heterocycles. The number of hydrogen-bond acceptors (Lipinski definition) is 2. The van der Waals surface area contributed by atoms with E-state index in [0.29, 0.717) is 0 Å². The molecule has 0 aliphatic heterocycles. The fraction of sp³-hybridized carbons (Fsp3) is 0.667. The molecule has 0 bridgehead atoms. The Balaban J connectivity index is 2.65. The highest BCUT2D eigenvalue weighted by Gasteiger charge is 2.20. The summed E-state index contributed by atoms with van der Waals surface area (Å²) in [7, 11) is 0. The summed E-state index contributed by atoms with van der Waals surface area (Å²) in [5.74, 6) is 1.81. The first-order valence-corrected chi connectivity index (χ1v) is 7.76. The van der Waals surface area contributed by atoms with Crippen LogP contribution in [0.3, 0.4) is 0 Å². The number of rotatable bonds is 8. The molecule has 0 saturated heterocycles. The average Bonchev–Trinajstić information content (AvgIpc) is 2.30. The molecule has 0 aliphatic carbocycles. The van der Waals surface area contributed by atoms with Gasteiger partial charge in [0, 0.05) is 0 Å². The van der Waals surface area contributed by atoms with Gasteiger partial charge in [0.25, 0.3) is 0 Å². The van der Waals surface area contributed by atoms with Crippen molar-refractivity contribution in [1.29, 1.82) is 0 Å². The predicted octanol–water partition coefficient (Wildman–Crippen LogP) is 5.60. The van der Waals surface area contributed by atoms with Crippen molar-refractivity contribution >= 4 is 0 Å². The highest BCUT2D eigenvalue weighted by atomic mass is 16.5. The van der Waals surface area contributed by atoms with E-state index < -0.39 is 0 Å². The molecular formula is C18H30O2. The van der Waals surface area contributed by atoms with Gasteiger partial charge in [-0.1, -0.05) is 26.7 Å². The van der Waals surface area contributed by atoms with Crippen molar-refractivity contribution in [2.24, 2.45) is 0 Å². The topological polar surface area (TPSA) is 18.5 Å². The summed E-state index contributed by atoms with van der Waals surface area (Å²) < 4.78 is 12.0. The standard InChI is InChI=1S/C18H30O2/c1-7-13-17(3,4)19-15-9-11-16(12-10-15)20-18(5,6)14-8-2/h9-12H,7-8,13-14H2,1-6H3.